The van der Waals surface area contributed by atoms with Gasteiger partial charge in [0.25, 0.3) is 5.91 Å². The summed E-state index contributed by atoms with van der Waals surface area (Å²) in [5.41, 5.74) is 3.26. The van der Waals surface area contributed by atoms with Crippen LogP contribution >= 0.6 is 11.6 Å². The number of hydrogen-bond acceptors (Lipinski definition) is 8. The van der Waals surface area contributed by atoms with Gasteiger partial charge in [-0.05, 0) is 98.2 Å². The first-order valence-corrected chi connectivity index (χ1v) is 21.4. The van der Waals surface area contributed by atoms with E-state index in [1.807, 2.05) is 12.1 Å². The third kappa shape index (κ3) is 7.29. The van der Waals surface area contributed by atoms with Crippen molar-refractivity contribution in [3.05, 3.63) is 70.3 Å². The average Bonchev–Trinajstić information content (AvgIpc) is 3.22. The van der Waals surface area contributed by atoms with Gasteiger partial charge >= 0.3 is 6.03 Å². The molecule has 2 fully saturated rings. The van der Waals surface area contributed by atoms with Crippen LogP contribution in [0.3, 0.4) is 0 Å². The van der Waals surface area contributed by atoms with E-state index in [4.69, 9.17) is 21.1 Å². The van der Waals surface area contributed by atoms with Gasteiger partial charge in [0.15, 0.2) is 9.84 Å². The Morgan fingerprint density at radius 2 is 1.90 bits per heavy atom. The van der Waals surface area contributed by atoms with Gasteiger partial charge in [0.05, 0.1) is 35.7 Å². The topological polar surface area (TPSA) is 135 Å². The van der Waals surface area contributed by atoms with Crippen LogP contribution in [0.25, 0.3) is 0 Å². The van der Waals surface area contributed by atoms with Crippen LogP contribution in [0.2, 0.25) is 5.02 Å². The molecule has 1 N–H and O–H groups in total. The Morgan fingerprint density at radius 3 is 2.66 bits per heavy atom. The maximum absolute atomic E-state index is 14.3. The number of benzene rings is 2. The summed E-state index contributed by atoms with van der Waals surface area (Å²) in [6, 6.07) is 10.7. The van der Waals surface area contributed by atoms with Gasteiger partial charge in [0.1, 0.15) is 15.7 Å². The Balaban J connectivity index is 1.26. The van der Waals surface area contributed by atoms with Crippen LogP contribution in [0.4, 0.5) is 10.5 Å². The molecule has 14 heteroatoms. The lowest BCUT2D eigenvalue weighted by Crippen LogP contribution is -2.50. The van der Waals surface area contributed by atoms with Gasteiger partial charge in [0.2, 0.25) is 0 Å². The molecule has 2 bridgehead atoms. The minimum atomic E-state index is -3.56. The van der Waals surface area contributed by atoms with E-state index in [0.717, 1.165) is 49.4 Å². The first-order valence-electron chi connectivity index (χ1n) is 17.5. The number of fused-ring (bicyclic) bond motifs is 4. The summed E-state index contributed by atoms with van der Waals surface area (Å²) in [7, 11) is -5.05. The second-order valence-electron chi connectivity index (χ2n) is 14.3. The molecule has 0 radical (unpaired) electrons. The molecule has 0 unspecified atom stereocenters. The second-order valence-corrected chi connectivity index (χ2v) is 19.2. The van der Waals surface area contributed by atoms with Crippen molar-refractivity contribution >= 4 is 49.0 Å². The predicted molar refractivity (Wildman–Crippen MR) is 194 cm³/mol. The van der Waals surface area contributed by atoms with E-state index in [1.165, 1.54) is 16.0 Å². The molecule has 1 saturated heterocycles. The normalized spacial score (nSPS) is 31.6. The van der Waals surface area contributed by atoms with Crippen molar-refractivity contribution in [2.75, 3.05) is 62.1 Å². The number of urea groups is 1. The molecule has 1 spiro atoms. The van der Waals surface area contributed by atoms with Gasteiger partial charge in [-0.2, -0.15) is 0 Å². The molecular formula is C36H45ClN4O7S2. The highest BCUT2D eigenvalue weighted by atomic mass is 35.5. The Labute approximate surface area is 299 Å². The zero-order valence-corrected chi connectivity index (χ0v) is 30.7. The smallest absolute Gasteiger partial charge is 0.329 e. The summed E-state index contributed by atoms with van der Waals surface area (Å²) < 4.78 is 57.4. The summed E-state index contributed by atoms with van der Waals surface area (Å²) in [5.74, 6) is 0.293. The van der Waals surface area contributed by atoms with Crippen LogP contribution in [0.5, 0.6) is 5.75 Å². The standard InChI is InChI=1S/C36H45ClN4O7S2/c1-47-32-7-3-2-4-17-50(46,39-35(43)40-15-18-49(44,45)19-16-40)38-34(42)26-9-13-33-31(21-26)41(22-27-8-11-29(27)32)23-36(24-48-33)14-5-6-25-20-28(37)10-12-30(25)36/h3,7,9-10,12-13,20-21,27,29,32H,2,4-6,8,11,14-19,22-24H2,1H3,(H,38,39,42,43,46)/b7-3+/t27-,29+,32-,36-,50-/m0/s1. The molecular weight excluding hydrogens is 700 g/mol. The number of ether oxygens (including phenoxy) is 2. The number of methoxy groups -OCH3 is 1. The molecule has 3 heterocycles. The molecule has 2 aromatic rings. The van der Waals surface area contributed by atoms with E-state index >= 15 is 0 Å². The molecule has 5 atom stereocenters. The Hall–Kier alpha value is -3.13. The number of allylic oxidation sites excluding steroid dienone is 1. The first-order chi connectivity index (χ1) is 24.0. The fourth-order valence-electron chi connectivity index (χ4n) is 8.23. The number of carbonyl (C=O) groups excluding carboxylic acids is 2. The summed E-state index contributed by atoms with van der Waals surface area (Å²) >= 11 is 6.44. The van der Waals surface area contributed by atoms with Crippen molar-refractivity contribution < 1.29 is 31.7 Å². The van der Waals surface area contributed by atoms with E-state index in [-0.39, 0.29) is 47.4 Å². The quantitative estimate of drug-likeness (QED) is 0.417. The monoisotopic (exact) mass is 744 g/mol. The minimum absolute atomic E-state index is 0.0133. The van der Waals surface area contributed by atoms with Crippen LogP contribution in [0.15, 0.2) is 52.9 Å². The van der Waals surface area contributed by atoms with Crippen molar-refractivity contribution in [2.24, 2.45) is 16.2 Å². The lowest BCUT2D eigenvalue weighted by atomic mass is 9.68. The number of nitrogens with one attached hydrogen (secondary N) is 1. The number of rotatable bonds is 2. The number of amides is 3. The van der Waals surface area contributed by atoms with E-state index in [2.05, 4.69) is 32.2 Å². The molecule has 50 heavy (non-hydrogen) atoms. The van der Waals surface area contributed by atoms with Gasteiger partial charge in [-0.15, -0.1) is 4.36 Å². The van der Waals surface area contributed by atoms with Crippen molar-refractivity contribution in [3.63, 3.8) is 0 Å². The Kier molecular flexibility index (Phi) is 9.96. The van der Waals surface area contributed by atoms with E-state index < -0.39 is 31.7 Å². The fraction of sp³-hybridized carbons (Fsp3) is 0.556. The largest absolute Gasteiger partial charge is 0.490 e. The third-order valence-electron chi connectivity index (χ3n) is 11.1. The molecule has 5 aliphatic rings. The molecule has 3 aliphatic heterocycles. The van der Waals surface area contributed by atoms with E-state index in [9.17, 15) is 22.2 Å². The minimum Gasteiger partial charge on any atom is -0.490 e. The molecule has 2 aromatic carbocycles. The molecule has 0 aromatic heterocycles. The number of aryl methyl sites for hydroxylation is 1. The molecule has 1 saturated carbocycles. The van der Waals surface area contributed by atoms with Gasteiger partial charge in [0, 0.05) is 49.3 Å². The van der Waals surface area contributed by atoms with Crippen molar-refractivity contribution in [2.45, 2.75) is 56.5 Å². The van der Waals surface area contributed by atoms with Crippen LogP contribution in [-0.4, -0.2) is 92.7 Å². The molecule has 270 valence electrons. The van der Waals surface area contributed by atoms with Crippen molar-refractivity contribution in [1.29, 1.82) is 0 Å². The highest BCUT2D eigenvalue weighted by molar-refractivity contribution is 7.92. The lowest BCUT2D eigenvalue weighted by molar-refractivity contribution is 0.0132. The summed E-state index contributed by atoms with van der Waals surface area (Å²) in [5, 5.41) is 0.725. The summed E-state index contributed by atoms with van der Waals surface area (Å²) in [6.45, 7) is 1.91. The van der Waals surface area contributed by atoms with Crippen LogP contribution < -0.4 is 14.4 Å². The number of carbonyl (C=O) groups is 2. The van der Waals surface area contributed by atoms with Crippen LogP contribution in [0, 0.1) is 11.8 Å². The lowest BCUT2D eigenvalue weighted by Gasteiger charge is -2.46. The van der Waals surface area contributed by atoms with Gasteiger partial charge in [-0.25, -0.2) is 17.4 Å². The SMILES string of the molecule is CO[C@H]1/C=C/CCC[S@@](=O)(NC(=O)N2CCS(=O)(=O)CC2)=NC(=O)c2ccc3c(c2)N(C[C@@H]2CC[C@H]21)C[C@@]1(CCCc2cc(Cl)ccc21)CO3. The number of hydrogen-bond donors (Lipinski definition) is 1. The summed E-state index contributed by atoms with van der Waals surface area (Å²) in [4.78, 5) is 30.7. The maximum atomic E-state index is 14.3. The fourth-order valence-corrected chi connectivity index (χ4v) is 11.2. The molecule has 2 aliphatic carbocycles. The highest BCUT2D eigenvalue weighted by Gasteiger charge is 2.44. The second kappa shape index (κ2) is 14.1. The average molecular weight is 745 g/mol. The number of nitrogens with zero attached hydrogens (tertiary/aromatic N) is 3. The molecule has 3 amide bonds. The van der Waals surface area contributed by atoms with Gasteiger partial charge in [-0.3, -0.25) is 9.52 Å². The van der Waals surface area contributed by atoms with E-state index in [0.29, 0.717) is 43.6 Å². The van der Waals surface area contributed by atoms with Gasteiger partial charge < -0.3 is 19.3 Å². The first kappa shape index (κ1) is 35.3. The van der Waals surface area contributed by atoms with Crippen molar-refractivity contribution in [1.82, 2.24) is 9.62 Å². The zero-order chi connectivity index (χ0) is 35.1. The van der Waals surface area contributed by atoms with Crippen LogP contribution in [-0.2, 0) is 36.3 Å². The highest BCUT2D eigenvalue weighted by Crippen LogP contribution is 2.47. The number of halogens is 1. The molecule has 7 rings (SSSR count). The predicted octanol–water partition coefficient (Wildman–Crippen LogP) is 5.17. The number of anilines is 1. The summed E-state index contributed by atoms with van der Waals surface area (Å²) in [6.07, 6.45) is 10.0. The molecule has 11 nitrogen and oxygen atoms in total. The third-order valence-corrected chi connectivity index (χ3v) is 14.8. The number of sulfone groups is 1. The zero-order valence-electron chi connectivity index (χ0n) is 28.4. The van der Waals surface area contributed by atoms with Gasteiger partial charge in [-0.1, -0.05) is 29.8 Å². The van der Waals surface area contributed by atoms with Crippen molar-refractivity contribution in [3.8, 4) is 5.75 Å². The maximum Gasteiger partial charge on any atom is 0.329 e. The van der Waals surface area contributed by atoms with E-state index in [1.54, 1.807) is 25.3 Å². The Bertz CT molecular complexity index is 1910. The Morgan fingerprint density at radius 1 is 1.08 bits per heavy atom. The van der Waals surface area contributed by atoms with Crippen LogP contribution in [0.1, 0.15) is 60.0 Å².